The van der Waals surface area contributed by atoms with E-state index in [0.717, 1.165) is 11.3 Å². The van der Waals surface area contributed by atoms with Crippen LogP contribution in [-0.2, 0) is 6.54 Å². The van der Waals surface area contributed by atoms with Crippen LogP contribution in [0.2, 0.25) is 0 Å². The van der Waals surface area contributed by atoms with Gasteiger partial charge in [0.2, 0.25) is 0 Å². The van der Waals surface area contributed by atoms with Crippen LogP contribution in [-0.4, -0.2) is 28.1 Å². The second kappa shape index (κ2) is 6.35. The normalized spacial score (nSPS) is 10.7. The topological polar surface area (TPSA) is 66.3 Å². The van der Waals surface area contributed by atoms with Gasteiger partial charge in [-0.25, -0.2) is 9.78 Å². The molecule has 0 unspecified atom stereocenters. The van der Waals surface area contributed by atoms with Crippen molar-refractivity contribution in [2.75, 3.05) is 11.9 Å². The Bertz CT molecular complexity index is 627. The molecule has 0 bridgehead atoms. The fourth-order valence-electron chi connectivity index (χ4n) is 1.99. The zero-order valence-corrected chi connectivity index (χ0v) is 12.4. The number of pyridine rings is 2. The summed E-state index contributed by atoms with van der Waals surface area (Å²) in [6.07, 6.45) is 3.48. The summed E-state index contributed by atoms with van der Waals surface area (Å²) in [7, 11) is 1.90. The lowest BCUT2D eigenvalue weighted by Crippen LogP contribution is -2.19. The standard InChI is InChI=1S/C16H19N3O2/c1-11(2)14-8-13(16(20)21)9-15(18-14)19(3)10-12-4-6-17-7-5-12/h4-9,11H,10H2,1-3H3,(H,20,21). The molecular weight excluding hydrogens is 266 g/mol. The molecule has 1 N–H and O–H groups in total. The van der Waals surface area contributed by atoms with Crippen molar-refractivity contribution in [2.24, 2.45) is 0 Å². The Labute approximate surface area is 124 Å². The quantitative estimate of drug-likeness (QED) is 0.915. The first kappa shape index (κ1) is 15.0. The van der Waals surface area contributed by atoms with E-state index in [9.17, 15) is 9.90 Å². The minimum Gasteiger partial charge on any atom is -0.478 e. The summed E-state index contributed by atoms with van der Waals surface area (Å²) < 4.78 is 0. The molecule has 0 atom stereocenters. The smallest absolute Gasteiger partial charge is 0.335 e. The summed E-state index contributed by atoms with van der Waals surface area (Å²) in [5.41, 5.74) is 2.15. The molecule has 2 aromatic heterocycles. The van der Waals surface area contributed by atoms with E-state index >= 15 is 0 Å². The van der Waals surface area contributed by atoms with Gasteiger partial charge in [-0.15, -0.1) is 0 Å². The molecule has 5 heteroatoms. The number of rotatable bonds is 5. The van der Waals surface area contributed by atoms with Crippen molar-refractivity contribution >= 4 is 11.8 Å². The van der Waals surface area contributed by atoms with E-state index in [1.165, 1.54) is 0 Å². The lowest BCUT2D eigenvalue weighted by Gasteiger charge is -2.20. The number of hydrogen-bond donors (Lipinski definition) is 1. The number of carboxylic acids is 1. The van der Waals surface area contributed by atoms with Crippen molar-refractivity contribution in [3.05, 3.63) is 53.5 Å². The molecule has 0 aliphatic carbocycles. The first-order valence-corrected chi connectivity index (χ1v) is 6.82. The van der Waals surface area contributed by atoms with Crippen molar-refractivity contribution in [1.29, 1.82) is 0 Å². The predicted octanol–water partition coefficient (Wildman–Crippen LogP) is 2.93. The highest BCUT2D eigenvalue weighted by molar-refractivity contribution is 5.88. The van der Waals surface area contributed by atoms with Crippen LogP contribution in [0.1, 0.15) is 41.4 Å². The van der Waals surface area contributed by atoms with E-state index in [2.05, 4.69) is 9.97 Å². The molecule has 0 fully saturated rings. The number of carbonyl (C=O) groups is 1. The molecule has 21 heavy (non-hydrogen) atoms. The fourth-order valence-corrected chi connectivity index (χ4v) is 1.99. The Kier molecular flexibility index (Phi) is 4.52. The zero-order chi connectivity index (χ0) is 15.4. The molecular formula is C16H19N3O2. The van der Waals surface area contributed by atoms with Crippen LogP contribution >= 0.6 is 0 Å². The maximum atomic E-state index is 11.3. The highest BCUT2D eigenvalue weighted by atomic mass is 16.4. The van der Waals surface area contributed by atoms with E-state index < -0.39 is 5.97 Å². The molecule has 2 rings (SSSR count). The van der Waals surface area contributed by atoms with Gasteiger partial charge in [0.1, 0.15) is 5.82 Å². The average Bonchev–Trinajstić information content (AvgIpc) is 2.47. The fraction of sp³-hybridized carbons (Fsp3) is 0.312. The summed E-state index contributed by atoms with van der Waals surface area (Å²) in [5, 5.41) is 9.23. The van der Waals surface area contributed by atoms with Crippen LogP contribution in [0.3, 0.4) is 0 Å². The van der Waals surface area contributed by atoms with Crippen LogP contribution < -0.4 is 4.90 Å². The summed E-state index contributed by atoms with van der Waals surface area (Å²) >= 11 is 0. The summed E-state index contributed by atoms with van der Waals surface area (Å²) in [5.74, 6) is -0.0920. The van der Waals surface area contributed by atoms with Crippen LogP contribution in [0, 0.1) is 0 Å². The highest BCUT2D eigenvalue weighted by Crippen LogP contribution is 2.21. The van der Waals surface area contributed by atoms with Gasteiger partial charge in [0, 0.05) is 31.7 Å². The first-order chi connectivity index (χ1) is 9.97. The van der Waals surface area contributed by atoms with Crippen LogP contribution in [0.25, 0.3) is 0 Å². The molecule has 2 heterocycles. The van der Waals surface area contributed by atoms with Gasteiger partial charge in [0.15, 0.2) is 0 Å². The van der Waals surface area contributed by atoms with E-state index in [4.69, 9.17) is 0 Å². The van der Waals surface area contributed by atoms with Crippen molar-refractivity contribution in [3.63, 3.8) is 0 Å². The van der Waals surface area contributed by atoms with Crippen LogP contribution in [0.4, 0.5) is 5.82 Å². The molecule has 2 aromatic rings. The Balaban J connectivity index is 2.31. The van der Waals surface area contributed by atoms with Gasteiger partial charge < -0.3 is 10.0 Å². The highest BCUT2D eigenvalue weighted by Gasteiger charge is 2.13. The van der Waals surface area contributed by atoms with Crippen molar-refractivity contribution in [2.45, 2.75) is 26.3 Å². The zero-order valence-electron chi connectivity index (χ0n) is 12.4. The molecule has 0 aliphatic rings. The van der Waals surface area contributed by atoms with E-state index in [-0.39, 0.29) is 11.5 Å². The lowest BCUT2D eigenvalue weighted by atomic mass is 10.1. The van der Waals surface area contributed by atoms with Gasteiger partial charge >= 0.3 is 5.97 Å². The van der Waals surface area contributed by atoms with Gasteiger partial charge in [0.25, 0.3) is 0 Å². The Hall–Kier alpha value is -2.43. The maximum Gasteiger partial charge on any atom is 0.335 e. The van der Waals surface area contributed by atoms with Gasteiger partial charge in [-0.2, -0.15) is 0 Å². The second-order valence-electron chi connectivity index (χ2n) is 5.31. The van der Waals surface area contributed by atoms with E-state index in [0.29, 0.717) is 12.4 Å². The predicted molar refractivity (Wildman–Crippen MR) is 81.6 cm³/mol. The SMILES string of the molecule is CC(C)c1cc(C(=O)O)cc(N(C)Cc2ccncc2)n1. The third kappa shape index (κ3) is 3.78. The summed E-state index contributed by atoms with van der Waals surface area (Å²) in [4.78, 5) is 21.7. The van der Waals surface area contributed by atoms with Crippen molar-refractivity contribution < 1.29 is 9.90 Å². The number of nitrogens with zero attached hydrogens (tertiary/aromatic N) is 3. The van der Waals surface area contributed by atoms with Crippen LogP contribution in [0.15, 0.2) is 36.7 Å². The number of hydrogen-bond acceptors (Lipinski definition) is 4. The number of aromatic nitrogens is 2. The molecule has 5 nitrogen and oxygen atoms in total. The molecule has 0 saturated carbocycles. The maximum absolute atomic E-state index is 11.3. The Morgan fingerprint density at radius 2 is 1.95 bits per heavy atom. The monoisotopic (exact) mass is 285 g/mol. The minimum absolute atomic E-state index is 0.178. The molecule has 0 amide bonds. The number of aromatic carboxylic acids is 1. The average molecular weight is 285 g/mol. The Morgan fingerprint density at radius 3 is 2.52 bits per heavy atom. The molecule has 0 spiro atoms. The minimum atomic E-state index is -0.933. The van der Waals surface area contributed by atoms with Gasteiger partial charge in [-0.05, 0) is 35.7 Å². The van der Waals surface area contributed by atoms with Crippen molar-refractivity contribution in [1.82, 2.24) is 9.97 Å². The first-order valence-electron chi connectivity index (χ1n) is 6.82. The third-order valence-electron chi connectivity index (χ3n) is 3.23. The van der Waals surface area contributed by atoms with Crippen molar-refractivity contribution in [3.8, 4) is 0 Å². The second-order valence-corrected chi connectivity index (χ2v) is 5.31. The summed E-state index contributed by atoms with van der Waals surface area (Å²) in [6.45, 7) is 4.65. The largest absolute Gasteiger partial charge is 0.478 e. The molecule has 0 aromatic carbocycles. The van der Waals surface area contributed by atoms with Gasteiger partial charge in [-0.1, -0.05) is 13.8 Å². The molecule has 110 valence electrons. The van der Waals surface area contributed by atoms with E-state index in [1.807, 2.05) is 37.9 Å². The Morgan fingerprint density at radius 1 is 1.29 bits per heavy atom. The molecule has 0 saturated heterocycles. The van der Waals surface area contributed by atoms with Crippen LogP contribution in [0.5, 0.6) is 0 Å². The van der Waals surface area contributed by atoms with Gasteiger partial charge in [-0.3, -0.25) is 4.98 Å². The number of anilines is 1. The third-order valence-corrected chi connectivity index (χ3v) is 3.23. The summed E-state index contributed by atoms with van der Waals surface area (Å²) in [6, 6.07) is 7.11. The molecule has 0 radical (unpaired) electrons. The number of carboxylic acid groups (broad SMARTS) is 1. The van der Waals surface area contributed by atoms with E-state index in [1.54, 1.807) is 24.5 Å². The lowest BCUT2D eigenvalue weighted by molar-refractivity contribution is 0.0696. The van der Waals surface area contributed by atoms with Gasteiger partial charge in [0.05, 0.1) is 5.56 Å². The molecule has 0 aliphatic heterocycles.